The fourth-order valence-corrected chi connectivity index (χ4v) is 11.7. The van der Waals surface area contributed by atoms with E-state index in [9.17, 15) is 43.2 Å². The number of rotatable bonds is 75. The van der Waals surface area contributed by atoms with Gasteiger partial charge in [0.25, 0.3) is 0 Å². The van der Waals surface area contributed by atoms with Crippen LogP contribution in [0.4, 0.5) is 0 Å². The van der Waals surface area contributed by atoms with Crippen molar-refractivity contribution < 1.29 is 80.2 Å². The van der Waals surface area contributed by atoms with Crippen molar-refractivity contribution in [3.05, 3.63) is 182 Å². The minimum atomic E-state index is -5.01. The van der Waals surface area contributed by atoms with Gasteiger partial charge in [-0.05, 0) is 173 Å². The van der Waals surface area contributed by atoms with Crippen LogP contribution in [-0.2, 0) is 65.4 Å². The molecule has 19 heteroatoms. The van der Waals surface area contributed by atoms with Gasteiger partial charge >= 0.3 is 39.5 Å². The molecule has 17 nitrogen and oxygen atoms in total. The fourth-order valence-electron chi connectivity index (χ4n) is 10.2. The maximum Gasteiger partial charge on any atom is 0.472 e. The molecule has 0 radical (unpaired) electrons. The molecule has 0 aromatic carbocycles. The number of hydrogen-bond acceptors (Lipinski definition) is 15. The number of hydrogen-bond donors (Lipinski definition) is 3. The van der Waals surface area contributed by atoms with Gasteiger partial charge in [-0.1, -0.05) is 281 Å². The van der Waals surface area contributed by atoms with E-state index < -0.39 is 97.5 Å². The second-order valence-corrected chi connectivity index (χ2v) is 29.5. The third kappa shape index (κ3) is 78.3. The van der Waals surface area contributed by atoms with Crippen molar-refractivity contribution in [3.8, 4) is 0 Å². The Morgan fingerprint density at radius 1 is 0.269 bits per heavy atom. The van der Waals surface area contributed by atoms with Gasteiger partial charge in [0.1, 0.15) is 19.3 Å². The molecule has 0 heterocycles. The third-order valence-corrected chi connectivity index (χ3v) is 18.2. The van der Waals surface area contributed by atoms with Crippen LogP contribution in [0.2, 0.25) is 0 Å². The van der Waals surface area contributed by atoms with Crippen LogP contribution in [0.1, 0.15) is 297 Å². The van der Waals surface area contributed by atoms with Crippen molar-refractivity contribution in [1.29, 1.82) is 0 Å². The first kappa shape index (κ1) is 102. The molecular formula is C89H144O17P2. The summed E-state index contributed by atoms with van der Waals surface area (Å²) in [6, 6.07) is 0. The Kier molecular flexibility index (Phi) is 75.0. The molecule has 0 aliphatic rings. The Labute approximate surface area is 654 Å². The Hall–Kier alpha value is -5.84. The lowest BCUT2D eigenvalue weighted by Gasteiger charge is -2.21. The lowest BCUT2D eigenvalue weighted by Crippen LogP contribution is -2.30. The summed E-state index contributed by atoms with van der Waals surface area (Å²) in [4.78, 5) is 73.1. The zero-order valence-corrected chi connectivity index (χ0v) is 68.7. The van der Waals surface area contributed by atoms with E-state index in [0.717, 1.165) is 173 Å². The molecule has 0 aliphatic carbocycles. The normalized spacial score (nSPS) is 14.8. The molecule has 108 heavy (non-hydrogen) atoms. The number of phosphoric acid groups is 2. The molecule has 0 spiro atoms. The number of carbonyl (C=O) groups excluding carboxylic acids is 4. The van der Waals surface area contributed by atoms with Crippen LogP contribution in [-0.4, -0.2) is 96.7 Å². The Morgan fingerprint density at radius 3 is 0.806 bits per heavy atom. The van der Waals surface area contributed by atoms with Crippen LogP contribution in [0.25, 0.3) is 0 Å². The third-order valence-electron chi connectivity index (χ3n) is 16.3. The Bertz CT molecular complexity index is 2760. The van der Waals surface area contributed by atoms with Crippen LogP contribution >= 0.6 is 15.6 Å². The number of unbranched alkanes of at least 4 members (excludes halogenated alkanes) is 19. The first-order chi connectivity index (χ1) is 52.7. The quantitative estimate of drug-likeness (QED) is 0.0169. The van der Waals surface area contributed by atoms with Gasteiger partial charge in [0.05, 0.1) is 26.4 Å². The smallest absolute Gasteiger partial charge is 0.462 e. The van der Waals surface area contributed by atoms with E-state index in [1.165, 1.54) is 38.5 Å². The van der Waals surface area contributed by atoms with Crippen LogP contribution in [0.15, 0.2) is 182 Å². The topological polar surface area (TPSA) is 237 Å². The number of ether oxygens (including phenoxy) is 4. The molecule has 0 aromatic heterocycles. The molecule has 0 bridgehead atoms. The summed E-state index contributed by atoms with van der Waals surface area (Å²) in [5, 5.41) is 10.7. The highest BCUT2D eigenvalue weighted by atomic mass is 31.2. The van der Waals surface area contributed by atoms with Crippen molar-refractivity contribution in [2.75, 3.05) is 39.6 Å². The standard InChI is InChI=1S/C89H144O17P2/c1-5-9-13-17-21-25-29-33-37-39-41-43-47-50-54-58-62-66-70-74-87(92)100-80-84(105-88(93)75-71-67-63-59-55-51-46-36-32-28-24-20-16-12-8-4)81-103-107(95,96)101-77-83(90)78-102-108(97,98)104-82-85(79-99-86(91)73-69-65-61-57-53-49-45-35-31-27-23-19-15-11-7-3)106-89(94)76-72-68-64-60-56-52-48-44-42-40-38-34-30-26-22-18-14-10-6-2/h9-10,13-14,21-28,33-38,41-46,50,52,54,56,62,66,83-85,90H,5-8,11-12,15-20,29-32,39-40,47-49,51,53,55,57-61,63-65,67-82H2,1-4H3,(H,95,96)(H,97,98)/b13-9-,14-10-,25-21-,26-22-,27-23-,28-24-,37-33-,38-34-,43-41-,44-42-,45-35-,46-36-,54-50-,56-52-,66-62-/t83-,84-,85-/m1/s1. The number of aliphatic hydroxyl groups is 1. The van der Waals surface area contributed by atoms with Crippen molar-refractivity contribution in [2.45, 2.75) is 316 Å². The highest BCUT2D eigenvalue weighted by molar-refractivity contribution is 7.47. The van der Waals surface area contributed by atoms with E-state index in [2.05, 4.69) is 192 Å². The first-order valence-corrected chi connectivity index (χ1v) is 44.0. The maximum absolute atomic E-state index is 13.1. The molecule has 0 saturated carbocycles. The number of phosphoric ester groups is 2. The predicted octanol–water partition coefficient (Wildman–Crippen LogP) is 24.3. The van der Waals surface area contributed by atoms with Crippen LogP contribution in [0, 0.1) is 0 Å². The molecule has 5 atom stereocenters. The molecule has 0 rings (SSSR count). The minimum absolute atomic E-state index is 0.0260. The second kappa shape index (κ2) is 79.3. The van der Waals surface area contributed by atoms with E-state index in [-0.39, 0.29) is 25.7 Å². The molecule has 0 saturated heterocycles. The zero-order valence-electron chi connectivity index (χ0n) is 66.9. The van der Waals surface area contributed by atoms with Gasteiger partial charge in [-0.25, -0.2) is 9.13 Å². The zero-order chi connectivity index (χ0) is 78.9. The summed E-state index contributed by atoms with van der Waals surface area (Å²) in [6.45, 7) is 4.43. The van der Waals surface area contributed by atoms with E-state index in [1.54, 1.807) is 0 Å². The van der Waals surface area contributed by atoms with Crippen LogP contribution in [0.3, 0.4) is 0 Å². The Morgan fingerprint density at radius 2 is 0.500 bits per heavy atom. The van der Waals surface area contributed by atoms with Crippen molar-refractivity contribution in [1.82, 2.24) is 0 Å². The average molecular weight is 1550 g/mol. The molecule has 0 aliphatic heterocycles. The monoisotopic (exact) mass is 1550 g/mol. The lowest BCUT2D eigenvalue weighted by atomic mass is 10.1. The molecule has 3 N–H and O–H groups in total. The van der Waals surface area contributed by atoms with Crippen LogP contribution < -0.4 is 0 Å². The van der Waals surface area contributed by atoms with E-state index in [0.29, 0.717) is 32.1 Å². The van der Waals surface area contributed by atoms with Crippen molar-refractivity contribution in [3.63, 3.8) is 0 Å². The van der Waals surface area contributed by atoms with Gasteiger partial charge in [-0.2, -0.15) is 0 Å². The number of aliphatic hydroxyl groups excluding tert-OH is 1. The van der Waals surface area contributed by atoms with Crippen molar-refractivity contribution in [2.24, 2.45) is 0 Å². The van der Waals surface area contributed by atoms with Gasteiger partial charge in [0.2, 0.25) is 0 Å². The van der Waals surface area contributed by atoms with Gasteiger partial charge in [-0.3, -0.25) is 37.3 Å². The van der Waals surface area contributed by atoms with Crippen molar-refractivity contribution >= 4 is 39.5 Å². The second-order valence-electron chi connectivity index (χ2n) is 26.6. The first-order valence-electron chi connectivity index (χ1n) is 41.0. The molecule has 0 fully saturated rings. The van der Waals surface area contributed by atoms with Crippen LogP contribution in [0.5, 0.6) is 0 Å². The molecular weight excluding hydrogens is 1400 g/mol. The van der Waals surface area contributed by atoms with Gasteiger partial charge < -0.3 is 33.8 Å². The summed E-state index contributed by atoms with van der Waals surface area (Å²) in [6.07, 6.45) is 95.9. The Balaban J connectivity index is 5.51. The highest BCUT2D eigenvalue weighted by Crippen LogP contribution is 2.45. The summed E-state index contributed by atoms with van der Waals surface area (Å²) in [5.41, 5.74) is 0. The highest BCUT2D eigenvalue weighted by Gasteiger charge is 2.30. The van der Waals surface area contributed by atoms with Gasteiger partial charge in [-0.15, -0.1) is 0 Å². The number of esters is 4. The van der Waals surface area contributed by atoms with Gasteiger partial charge in [0, 0.05) is 25.7 Å². The van der Waals surface area contributed by atoms with E-state index in [4.69, 9.17) is 37.0 Å². The van der Waals surface area contributed by atoms with Gasteiger partial charge in [0.15, 0.2) is 12.2 Å². The predicted molar refractivity (Wildman–Crippen MR) is 445 cm³/mol. The van der Waals surface area contributed by atoms with E-state index >= 15 is 0 Å². The minimum Gasteiger partial charge on any atom is -0.462 e. The summed E-state index contributed by atoms with van der Waals surface area (Å²) < 4.78 is 68.6. The lowest BCUT2D eigenvalue weighted by molar-refractivity contribution is -0.161. The largest absolute Gasteiger partial charge is 0.472 e. The molecule has 612 valence electrons. The summed E-state index contributed by atoms with van der Waals surface area (Å²) in [7, 11) is -10.0. The SMILES string of the molecule is CC/C=C\C/C=C\C/C=C\C/C=C\C/C=C\C/C=C\CCC(=O)OC[C@H](COP(=O)(O)OC[C@@H](O)COP(=O)(O)OC[C@@H](COC(=O)CCCCCCC/C=C\C/C=C\CCCCC)OC(=O)CCCCC/C=C\C/C=C\C/C=C\C/C=C\C/C=C\CC)OC(=O)CCCCCCC/C=C\C/C=C\CCCCC. The number of allylic oxidation sites excluding steroid dienone is 30. The summed E-state index contributed by atoms with van der Waals surface area (Å²) in [5.74, 6) is -2.35. The molecule has 0 amide bonds. The fraction of sp³-hybridized carbons (Fsp3) is 0.618. The molecule has 2 unspecified atom stereocenters. The van der Waals surface area contributed by atoms with E-state index in [1.807, 2.05) is 18.2 Å². The maximum atomic E-state index is 13.1. The average Bonchev–Trinajstić information content (AvgIpc) is 0.914. The number of carbonyl (C=O) groups is 4. The summed E-state index contributed by atoms with van der Waals surface area (Å²) >= 11 is 0. The molecule has 0 aromatic rings.